The van der Waals surface area contributed by atoms with Gasteiger partial charge in [-0.25, -0.2) is 0 Å². The summed E-state index contributed by atoms with van der Waals surface area (Å²) in [6, 6.07) is 20.8. The average molecular weight is 367 g/mol. The van der Waals surface area contributed by atoms with Crippen LogP contribution in [0.4, 0.5) is 0 Å². The number of hydrogen-bond donors (Lipinski definition) is 0. The van der Waals surface area contributed by atoms with Crippen molar-refractivity contribution in [3.63, 3.8) is 0 Å². The normalized spacial score (nSPS) is 11.0. The highest BCUT2D eigenvalue weighted by Gasteiger charge is 2.16. The lowest BCUT2D eigenvalue weighted by Crippen LogP contribution is -1.77. The topological polar surface area (TPSA) is 0 Å². The van der Waals surface area contributed by atoms with Crippen molar-refractivity contribution in [3.8, 4) is 17.1 Å². The van der Waals surface area contributed by atoms with Gasteiger partial charge in [-0.05, 0) is 53.0 Å². The van der Waals surface area contributed by atoms with E-state index in [0.717, 1.165) is 5.56 Å². The number of rotatable bonds is 1. The largest absolute Gasteiger partial charge is 0.0622 e. The highest BCUT2D eigenvalue weighted by atomic mass is 79.9. The van der Waals surface area contributed by atoms with Crippen LogP contribution in [0.5, 0.6) is 0 Å². The maximum Gasteiger partial charge on any atom is 0.0528 e. The standard InChI is InChI=1S/C20H16BrP/c1-15-16(2)20(21)22(18-11-7-4-8-12-18)19(15)14-13-17-9-5-3-6-10-17/h3-12H,1-2H3. The lowest BCUT2D eigenvalue weighted by molar-refractivity contribution is 1.38. The molecule has 1 atom stereocenters. The molecule has 3 aromatic rings. The summed E-state index contributed by atoms with van der Waals surface area (Å²) in [5, 5.41) is 2.60. The minimum atomic E-state index is -0.538. The van der Waals surface area contributed by atoms with Gasteiger partial charge in [-0.3, -0.25) is 0 Å². The van der Waals surface area contributed by atoms with Gasteiger partial charge in [-0.1, -0.05) is 67.9 Å². The SMILES string of the molecule is Cc1c(C)c(C#Cc2ccccc2)p(-c2ccccc2)c1Br. The predicted molar refractivity (Wildman–Crippen MR) is 100 cm³/mol. The molecule has 2 heteroatoms. The first kappa shape index (κ1) is 15.2. The summed E-state index contributed by atoms with van der Waals surface area (Å²) in [5.41, 5.74) is 3.70. The van der Waals surface area contributed by atoms with E-state index in [1.54, 1.807) is 0 Å². The van der Waals surface area contributed by atoms with Gasteiger partial charge >= 0.3 is 0 Å². The summed E-state index contributed by atoms with van der Waals surface area (Å²) in [4.78, 5) is 0. The molecule has 0 amide bonds. The maximum absolute atomic E-state index is 3.81. The van der Waals surface area contributed by atoms with Crippen molar-refractivity contribution in [2.24, 2.45) is 0 Å². The van der Waals surface area contributed by atoms with Gasteiger partial charge in [0, 0.05) is 15.1 Å². The summed E-state index contributed by atoms with van der Waals surface area (Å²) in [6.45, 7) is 4.35. The Kier molecular flexibility index (Phi) is 4.53. The smallest absolute Gasteiger partial charge is 0.0528 e. The highest BCUT2D eigenvalue weighted by Crippen LogP contribution is 2.54. The van der Waals surface area contributed by atoms with Gasteiger partial charge in [0.25, 0.3) is 0 Å². The second-order valence-electron chi connectivity index (χ2n) is 5.18. The van der Waals surface area contributed by atoms with E-state index in [4.69, 9.17) is 0 Å². The zero-order valence-corrected chi connectivity index (χ0v) is 15.1. The van der Waals surface area contributed by atoms with Gasteiger partial charge in [-0.15, -0.1) is 0 Å². The molecular formula is C20H16BrP. The van der Waals surface area contributed by atoms with Crippen LogP contribution in [0.2, 0.25) is 0 Å². The fraction of sp³-hybridized carbons (Fsp3) is 0.100. The van der Waals surface area contributed by atoms with E-state index in [1.165, 1.54) is 25.9 Å². The predicted octanol–water partition coefficient (Wildman–Crippen LogP) is 6.44. The van der Waals surface area contributed by atoms with Gasteiger partial charge < -0.3 is 0 Å². The van der Waals surface area contributed by atoms with Gasteiger partial charge in [0.05, 0.1) is 5.30 Å². The average Bonchev–Trinajstić information content (AvgIpc) is 2.78. The van der Waals surface area contributed by atoms with Gasteiger partial charge in [-0.2, -0.15) is 0 Å². The second-order valence-corrected chi connectivity index (χ2v) is 8.66. The molecule has 1 unspecified atom stereocenters. The summed E-state index contributed by atoms with van der Waals surface area (Å²) >= 11 is 3.81. The Morgan fingerprint density at radius 2 is 1.36 bits per heavy atom. The zero-order valence-electron chi connectivity index (χ0n) is 12.6. The third-order valence-electron chi connectivity index (χ3n) is 3.76. The van der Waals surface area contributed by atoms with E-state index >= 15 is 0 Å². The van der Waals surface area contributed by atoms with Gasteiger partial charge in [0.2, 0.25) is 0 Å². The van der Waals surface area contributed by atoms with Crippen molar-refractivity contribution in [1.29, 1.82) is 0 Å². The van der Waals surface area contributed by atoms with E-state index in [2.05, 4.69) is 84.1 Å². The Balaban J connectivity index is 2.16. The van der Waals surface area contributed by atoms with Crippen LogP contribution in [0.25, 0.3) is 5.30 Å². The van der Waals surface area contributed by atoms with Crippen molar-refractivity contribution >= 4 is 23.5 Å². The van der Waals surface area contributed by atoms with E-state index < -0.39 is 7.53 Å². The van der Waals surface area contributed by atoms with E-state index in [1.807, 2.05) is 18.2 Å². The van der Waals surface area contributed by atoms with Crippen molar-refractivity contribution in [2.75, 3.05) is 0 Å². The van der Waals surface area contributed by atoms with Crippen LogP contribution in [0.3, 0.4) is 0 Å². The van der Waals surface area contributed by atoms with E-state index in [-0.39, 0.29) is 0 Å². The van der Waals surface area contributed by atoms with Gasteiger partial charge in [0.1, 0.15) is 0 Å². The minimum absolute atomic E-state index is 0.538. The van der Waals surface area contributed by atoms with Crippen LogP contribution in [0, 0.1) is 25.7 Å². The quantitative estimate of drug-likeness (QED) is 0.434. The maximum atomic E-state index is 3.81. The summed E-state index contributed by atoms with van der Waals surface area (Å²) < 4.78 is 1.29. The van der Waals surface area contributed by atoms with Crippen molar-refractivity contribution in [3.05, 3.63) is 86.9 Å². The number of halogens is 1. The summed E-state index contributed by atoms with van der Waals surface area (Å²) in [7, 11) is -0.538. The number of hydrogen-bond acceptors (Lipinski definition) is 0. The third-order valence-corrected chi connectivity index (χ3v) is 7.86. The molecule has 0 N–H and O–H groups in total. The molecule has 0 saturated carbocycles. The molecule has 0 saturated heterocycles. The molecule has 0 aliphatic carbocycles. The van der Waals surface area contributed by atoms with E-state index in [0.29, 0.717) is 0 Å². The molecule has 22 heavy (non-hydrogen) atoms. The number of benzene rings is 2. The Morgan fingerprint density at radius 1 is 0.773 bits per heavy atom. The molecule has 0 bridgehead atoms. The van der Waals surface area contributed by atoms with Crippen molar-refractivity contribution < 1.29 is 0 Å². The molecule has 0 fully saturated rings. The summed E-state index contributed by atoms with van der Waals surface area (Å²) in [5.74, 6) is 6.76. The first-order valence-electron chi connectivity index (χ1n) is 7.18. The lowest BCUT2D eigenvalue weighted by Gasteiger charge is -2.03. The molecular weight excluding hydrogens is 351 g/mol. The molecule has 0 radical (unpaired) electrons. The Bertz CT molecular complexity index is 849. The zero-order chi connectivity index (χ0) is 15.5. The molecule has 0 spiro atoms. The van der Waals surface area contributed by atoms with Gasteiger partial charge in [0.15, 0.2) is 0 Å². The molecule has 108 valence electrons. The highest BCUT2D eigenvalue weighted by molar-refractivity contribution is 9.11. The van der Waals surface area contributed by atoms with Crippen LogP contribution in [0.15, 0.2) is 64.9 Å². The molecule has 3 rings (SSSR count). The van der Waals surface area contributed by atoms with Crippen molar-refractivity contribution in [1.82, 2.24) is 0 Å². The fourth-order valence-corrected chi connectivity index (χ4v) is 6.16. The molecule has 2 aromatic carbocycles. The Hall–Kier alpha value is -1.74. The Labute approximate surface area is 141 Å². The van der Waals surface area contributed by atoms with E-state index in [9.17, 15) is 0 Å². The Morgan fingerprint density at radius 3 is 2.00 bits per heavy atom. The monoisotopic (exact) mass is 366 g/mol. The molecule has 0 aliphatic heterocycles. The molecule has 0 nitrogen and oxygen atoms in total. The molecule has 1 aromatic heterocycles. The fourth-order valence-electron chi connectivity index (χ4n) is 2.39. The molecule has 0 aliphatic rings. The molecule has 1 heterocycles. The minimum Gasteiger partial charge on any atom is -0.0622 e. The second kappa shape index (κ2) is 6.57. The third kappa shape index (κ3) is 2.91. The van der Waals surface area contributed by atoms with Crippen molar-refractivity contribution in [2.45, 2.75) is 13.8 Å². The first-order valence-corrected chi connectivity index (χ1v) is 9.32. The van der Waals surface area contributed by atoms with Crippen LogP contribution in [-0.4, -0.2) is 0 Å². The van der Waals surface area contributed by atoms with Crippen LogP contribution < -0.4 is 0 Å². The van der Waals surface area contributed by atoms with Crippen LogP contribution in [-0.2, 0) is 0 Å². The first-order chi connectivity index (χ1) is 10.7. The lowest BCUT2D eigenvalue weighted by atomic mass is 10.2. The summed E-state index contributed by atoms with van der Waals surface area (Å²) in [6.07, 6.45) is 0. The van der Waals surface area contributed by atoms with Crippen LogP contribution >= 0.6 is 23.5 Å². The van der Waals surface area contributed by atoms with Crippen LogP contribution in [0.1, 0.15) is 22.0 Å².